The fraction of sp³-hybridized carbons (Fsp3) is 0.227. The van der Waals surface area contributed by atoms with Crippen molar-refractivity contribution in [3.63, 3.8) is 0 Å². The van der Waals surface area contributed by atoms with E-state index in [1.807, 2.05) is 18.2 Å². The lowest BCUT2D eigenvalue weighted by Crippen LogP contribution is -2.48. The summed E-state index contributed by atoms with van der Waals surface area (Å²) in [6.45, 7) is 18.9. The summed E-state index contributed by atoms with van der Waals surface area (Å²) in [7, 11) is 0. The number of nitrogens with one attached hydrogen (secondary N) is 1. The van der Waals surface area contributed by atoms with E-state index in [1.165, 1.54) is 54.6 Å². The van der Waals surface area contributed by atoms with Gasteiger partial charge in [-0.1, -0.05) is 54.6 Å². The number of nitriles is 3. The predicted molar refractivity (Wildman–Crippen MR) is 212 cm³/mol. The van der Waals surface area contributed by atoms with Crippen molar-refractivity contribution >= 4 is 29.5 Å². The Balaban J connectivity index is 1.75. The van der Waals surface area contributed by atoms with Crippen molar-refractivity contribution in [3.05, 3.63) is 164 Å². The molecule has 1 aliphatic carbocycles. The first-order valence-corrected chi connectivity index (χ1v) is 17.9. The molecular weight excluding hydrogens is 737 g/mol. The molecule has 1 aliphatic heterocycles. The molecule has 1 heterocycles. The third kappa shape index (κ3) is 10.1. The van der Waals surface area contributed by atoms with E-state index in [-0.39, 0.29) is 40.3 Å². The van der Waals surface area contributed by atoms with Gasteiger partial charge in [-0.3, -0.25) is 5.41 Å². The maximum absolute atomic E-state index is 12.5. The van der Waals surface area contributed by atoms with Crippen molar-refractivity contribution in [1.82, 2.24) is 9.80 Å². The summed E-state index contributed by atoms with van der Waals surface area (Å²) in [5.74, 6) is -1.94. The Hall–Kier alpha value is -8.21. The van der Waals surface area contributed by atoms with Gasteiger partial charge in [-0.25, -0.2) is 29.3 Å². The Labute approximate surface area is 335 Å². The smallest absolute Gasteiger partial charge is 0.409 e. The third-order valence-electron chi connectivity index (χ3n) is 9.40. The summed E-state index contributed by atoms with van der Waals surface area (Å²) in [6, 6.07) is 17.4. The highest BCUT2D eigenvalue weighted by atomic mass is 16.6. The quantitative estimate of drug-likeness (QED) is 0.0788. The van der Waals surface area contributed by atoms with E-state index >= 15 is 0 Å². The number of piperazine rings is 1. The Bertz CT molecular complexity index is 2390. The number of carboxylic acid groups (broad SMARTS) is 2. The maximum atomic E-state index is 12.5. The number of benzene rings is 2. The number of aromatic carboxylic acids is 2. The largest absolute Gasteiger partial charge is 0.478 e. The highest BCUT2D eigenvalue weighted by molar-refractivity contribution is 5.91. The van der Waals surface area contributed by atoms with E-state index in [4.69, 9.17) is 23.3 Å². The van der Waals surface area contributed by atoms with Gasteiger partial charge in [-0.15, -0.1) is 0 Å². The molecule has 0 radical (unpaired) electrons. The Kier molecular flexibility index (Phi) is 15.0. The van der Waals surface area contributed by atoms with E-state index < -0.39 is 29.9 Å². The molecule has 2 aromatic carbocycles. The second-order valence-corrected chi connectivity index (χ2v) is 12.7. The van der Waals surface area contributed by atoms with Crippen molar-refractivity contribution in [3.8, 4) is 18.2 Å². The average molecular weight is 773 g/mol. The summed E-state index contributed by atoms with van der Waals surface area (Å²) < 4.78 is 5.19. The van der Waals surface area contributed by atoms with Crippen LogP contribution < -0.4 is 0 Å². The normalized spacial score (nSPS) is 16.3. The molecule has 4 rings (SSSR count). The van der Waals surface area contributed by atoms with Crippen molar-refractivity contribution in [1.29, 1.82) is 21.2 Å². The first-order valence-electron chi connectivity index (χ1n) is 17.9. The number of hydrogen-bond donors (Lipinski definition) is 3. The van der Waals surface area contributed by atoms with Crippen LogP contribution in [0.15, 0.2) is 119 Å². The van der Waals surface area contributed by atoms with Gasteiger partial charge in [0.2, 0.25) is 5.70 Å². The van der Waals surface area contributed by atoms with Crippen LogP contribution in [-0.4, -0.2) is 76.7 Å². The summed E-state index contributed by atoms with van der Waals surface area (Å²) in [4.78, 5) is 45.8. The van der Waals surface area contributed by atoms with Gasteiger partial charge in [-0.05, 0) is 78.2 Å². The first kappa shape index (κ1) is 42.5. The van der Waals surface area contributed by atoms with Crippen LogP contribution in [0.25, 0.3) is 15.3 Å². The molecule has 1 saturated heterocycles. The van der Waals surface area contributed by atoms with Crippen LogP contribution in [0.5, 0.6) is 0 Å². The van der Waals surface area contributed by atoms with Crippen molar-refractivity contribution in [2.24, 2.45) is 5.92 Å². The van der Waals surface area contributed by atoms with Gasteiger partial charge in [0.1, 0.15) is 0 Å². The molecular formula is C44H36N8O6. The Morgan fingerprint density at radius 3 is 2.03 bits per heavy atom. The number of carbonyl (C=O) groups excluding carboxylic acids is 1. The van der Waals surface area contributed by atoms with Crippen molar-refractivity contribution < 1.29 is 29.3 Å². The molecule has 2 aromatic rings. The van der Waals surface area contributed by atoms with E-state index in [9.17, 15) is 40.4 Å². The lowest BCUT2D eigenvalue weighted by atomic mass is 9.84. The van der Waals surface area contributed by atoms with Gasteiger partial charge in [0.25, 0.3) is 5.70 Å². The zero-order valence-electron chi connectivity index (χ0n) is 31.3. The van der Waals surface area contributed by atoms with Crippen LogP contribution in [0.2, 0.25) is 0 Å². The molecule has 0 saturated carbocycles. The van der Waals surface area contributed by atoms with Crippen LogP contribution in [0, 0.1) is 58.5 Å². The Morgan fingerprint density at radius 1 is 0.897 bits per heavy atom. The zero-order valence-corrected chi connectivity index (χ0v) is 31.3. The highest BCUT2D eigenvalue weighted by Gasteiger charge is 2.29. The molecule has 1 fully saturated rings. The number of amides is 1. The molecule has 14 nitrogen and oxygen atoms in total. The van der Waals surface area contributed by atoms with E-state index in [0.29, 0.717) is 50.1 Å². The summed E-state index contributed by atoms with van der Waals surface area (Å²) >= 11 is 0. The summed E-state index contributed by atoms with van der Waals surface area (Å²) in [6.07, 6.45) is 10.9. The fourth-order valence-electron chi connectivity index (χ4n) is 6.61. The third-order valence-corrected chi connectivity index (χ3v) is 9.40. The topological polar surface area (TPSA) is 211 Å². The number of allylic oxidation sites excluding steroid dienone is 12. The summed E-state index contributed by atoms with van der Waals surface area (Å²) in [5.41, 5.74) is 3.16. The molecule has 2 unspecified atom stereocenters. The molecule has 0 bridgehead atoms. The molecule has 0 spiro atoms. The predicted octanol–water partition coefficient (Wildman–Crippen LogP) is 7.52. The van der Waals surface area contributed by atoms with Crippen LogP contribution in [-0.2, 0) is 4.74 Å². The molecule has 0 aromatic heterocycles. The number of ether oxygens (including phenoxy) is 1. The highest BCUT2D eigenvalue weighted by Crippen LogP contribution is 2.37. The molecule has 58 heavy (non-hydrogen) atoms. The summed E-state index contributed by atoms with van der Waals surface area (Å²) in [5, 5.41) is 56.5. The molecule has 2 aliphatic rings. The van der Waals surface area contributed by atoms with Gasteiger partial charge in [0.05, 0.1) is 60.6 Å². The van der Waals surface area contributed by atoms with E-state index in [0.717, 1.165) is 16.8 Å². The number of rotatable bonds is 13. The second-order valence-electron chi connectivity index (χ2n) is 12.7. The number of carboxylic acids is 2. The van der Waals surface area contributed by atoms with Crippen LogP contribution in [0.1, 0.15) is 57.5 Å². The van der Waals surface area contributed by atoms with Crippen LogP contribution in [0.3, 0.4) is 0 Å². The first-order chi connectivity index (χ1) is 28.0. The van der Waals surface area contributed by atoms with Gasteiger partial charge < -0.3 is 24.7 Å². The van der Waals surface area contributed by atoms with Gasteiger partial charge in [-0.2, -0.15) is 10.5 Å². The number of hydrogen-bond acceptors (Lipinski definition) is 9. The van der Waals surface area contributed by atoms with Crippen LogP contribution >= 0.6 is 0 Å². The standard InChI is InChI=1S/C44H36N8O6/c1-4-58-44(57)52-23-21-51(22-24-52)41-31(7-5-9-35(25-45)39(37(27-47)49-2)29-11-17-33(18-12-29)42(53)54)15-16-32(41)8-6-10-36(26-46)40(38(28-48)50-3)30-13-19-34(20-14-30)43(55)56/h5-14,17-20,35,39,47H,4,15-16,21-24H2,1H3,(H,53,54)(H,55,56)/b8-6+,9-5+,31-7+,36-10+,40-38+. The molecule has 3 N–H and O–H groups in total. The van der Waals surface area contributed by atoms with Gasteiger partial charge in [0, 0.05) is 43.4 Å². The van der Waals surface area contributed by atoms with Crippen LogP contribution in [0.4, 0.5) is 4.79 Å². The minimum Gasteiger partial charge on any atom is -0.478 e. The van der Waals surface area contributed by atoms with E-state index in [1.54, 1.807) is 30.1 Å². The molecule has 288 valence electrons. The van der Waals surface area contributed by atoms with E-state index in [2.05, 4.69) is 32.6 Å². The Morgan fingerprint density at radius 2 is 1.52 bits per heavy atom. The van der Waals surface area contributed by atoms with Crippen molar-refractivity contribution in [2.75, 3.05) is 32.8 Å². The lowest BCUT2D eigenvalue weighted by molar-refractivity contribution is 0.0686. The second kappa shape index (κ2) is 20.5. The molecule has 14 heteroatoms. The lowest BCUT2D eigenvalue weighted by Gasteiger charge is -2.37. The minimum absolute atomic E-state index is 0.000793. The SMILES string of the molecule is [C-]#[N+]C(=C=N)C(c1ccc(C(=O)O)cc1)C(C#N)/C=C/C=C1\CCC(/C=C/C=C(C#N)/C(=C(\C#N)[N+]#[C-])c2ccc(C(=O)O)cc2)=C1N1CCN(C(=O)OCC)CC1. The average Bonchev–Trinajstić information content (AvgIpc) is 3.65. The van der Waals surface area contributed by atoms with Gasteiger partial charge >= 0.3 is 18.0 Å². The fourth-order valence-corrected chi connectivity index (χ4v) is 6.61. The van der Waals surface area contributed by atoms with Crippen molar-refractivity contribution in [2.45, 2.75) is 25.7 Å². The van der Waals surface area contributed by atoms with Gasteiger partial charge in [0.15, 0.2) is 0 Å². The number of carbonyl (C=O) groups is 3. The molecule has 2 atom stereocenters. The number of nitrogens with zero attached hydrogens (tertiary/aromatic N) is 7. The minimum atomic E-state index is -1.15. The maximum Gasteiger partial charge on any atom is 0.409 e. The molecule has 1 amide bonds. The zero-order chi connectivity index (χ0) is 42.2. The monoisotopic (exact) mass is 772 g/mol.